The number of aromatic nitrogens is 4. The summed E-state index contributed by atoms with van der Waals surface area (Å²) in [7, 11) is 1.97. The fourth-order valence-electron chi connectivity index (χ4n) is 2.99. The van der Waals surface area contributed by atoms with Crippen LogP contribution in [0.4, 0.5) is 0 Å². The minimum absolute atomic E-state index is 0.445. The predicted octanol–water partition coefficient (Wildman–Crippen LogP) is 1.92. The average molecular weight is 289 g/mol. The molecule has 0 atom stereocenters. The van der Waals surface area contributed by atoms with E-state index in [1.54, 1.807) is 0 Å². The van der Waals surface area contributed by atoms with Gasteiger partial charge in [-0.15, -0.1) is 0 Å². The molecule has 6 nitrogen and oxygen atoms in total. The molecule has 6 heteroatoms. The number of nitrogens with zero attached hydrogens (tertiary/aromatic N) is 5. The lowest BCUT2D eigenvalue weighted by molar-refractivity contribution is 0.192. The van der Waals surface area contributed by atoms with Gasteiger partial charge in [0.15, 0.2) is 5.82 Å². The maximum atomic E-state index is 5.29. The largest absolute Gasteiger partial charge is 0.339 e. The van der Waals surface area contributed by atoms with Crippen LogP contribution < -0.4 is 0 Å². The molecular formula is C15H23N5O. The number of aryl methyl sites for hydroxylation is 3. The second-order valence-electron chi connectivity index (χ2n) is 5.92. The van der Waals surface area contributed by atoms with Gasteiger partial charge in [-0.2, -0.15) is 10.1 Å². The topological polar surface area (TPSA) is 60.0 Å². The van der Waals surface area contributed by atoms with Crippen molar-refractivity contribution in [3.8, 4) is 0 Å². The Morgan fingerprint density at radius 2 is 2.14 bits per heavy atom. The molecule has 0 radical (unpaired) electrons. The van der Waals surface area contributed by atoms with E-state index in [4.69, 9.17) is 4.52 Å². The van der Waals surface area contributed by atoms with Gasteiger partial charge in [0, 0.05) is 19.2 Å². The third-order valence-electron chi connectivity index (χ3n) is 4.18. The van der Waals surface area contributed by atoms with Gasteiger partial charge in [-0.25, -0.2) is 0 Å². The highest BCUT2D eigenvalue weighted by Crippen LogP contribution is 2.26. The molecule has 21 heavy (non-hydrogen) atoms. The van der Waals surface area contributed by atoms with E-state index >= 15 is 0 Å². The lowest BCUT2D eigenvalue weighted by Gasteiger charge is -2.30. The summed E-state index contributed by atoms with van der Waals surface area (Å²) in [6.45, 7) is 5.28. The normalized spacial score (nSPS) is 17.4. The quantitative estimate of drug-likeness (QED) is 0.841. The lowest BCUT2D eigenvalue weighted by Crippen LogP contribution is -2.34. The zero-order valence-electron chi connectivity index (χ0n) is 12.8. The van der Waals surface area contributed by atoms with Gasteiger partial charge in [-0.05, 0) is 57.8 Å². The standard InChI is InChI=1S/C15H23N5O/c1-12-17-15(21-18-12)14-5-8-20(9-6-14)7-3-4-13-10-16-19(2)11-13/h10-11,14H,3-9H2,1-2H3. The number of hydrogen-bond donors (Lipinski definition) is 0. The SMILES string of the molecule is Cc1noc(C2CCN(CCCc3cnn(C)c3)CC2)n1. The molecule has 1 aliphatic heterocycles. The van der Waals surface area contributed by atoms with Gasteiger partial charge < -0.3 is 9.42 Å². The molecule has 0 aromatic carbocycles. The predicted molar refractivity (Wildman–Crippen MR) is 79.0 cm³/mol. The Balaban J connectivity index is 1.39. The molecule has 2 aromatic rings. The first-order valence-corrected chi connectivity index (χ1v) is 7.71. The molecular weight excluding hydrogens is 266 g/mol. The van der Waals surface area contributed by atoms with E-state index in [9.17, 15) is 0 Å². The van der Waals surface area contributed by atoms with E-state index in [0.29, 0.717) is 5.92 Å². The Morgan fingerprint density at radius 3 is 2.76 bits per heavy atom. The molecule has 0 bridgehead atoms. The summed E-state index contributed by atoms with van der Waals surface area (Å²) in [4.78, 5) is 6.90. The first-order valence-electron chi connectivity index (χ1n) is 7.71. The van der Waals surface area contributed by atoms with Crippen molar-refractivity contribution in [1.29, 1.82) is 0 Å². The molecule has 2 aromatic heterocycles. The summed E-state index contributed by atoms with van der Waals surface area (Å²) < 4.78 is 7.16. The van der Waals surface area contributed by atoms with Gasteiger partial charge in [0.25, 0.3) is 0 Å². The Hall–Kier alpha value is -1.69. The van der Waals surface area contributed by atoms with Crippen molar-refractivity contribution in [3.05, 3.63) is 29.7 Å². The third kappa shape index (κ3) is 3.69. The maximum absolute atomic E-state index is 5.29. The smallest absolute Gasteiger partial charge is 0.229 e. The molecule has 1 aliphatic rings. The molecule has 0 saturated carbocycles. The molecule has 0 amide bonds. The highest BCUT2D eigenvalue weighted by atomic mass is 16.5. The third-order valence-corrected chi connectivity index (χ3v) is 4.18. The fraction of sp³-hybridized carbons (Fsp3) is 0.667. The van der Waals surface area contributed by atoms with Gasteiger partial charge in [0.2, 0.25) is 5.89 Å². The number of rotatable bonds is 5. The minimum Gasteiger partial charge on any atom is -0.339 e. The van der Waals surface area contributed by atoms with Crippen molar-refractivity contribution in [2.75, 3.05) is 19.6 Å². The summed E-state index contributed by atoms with van der Waals surface area (Å²) >= 11 is 0. The first-order chi connectivity index (χ1) is 10.2. The minimum atomic E-state index is 0.445. The van der Waals surface area contributed by atoms with Crippen LogP contribution in [-0.2, 0) is 13.5 Å². The summed E-state index contributed by atoms with van der Waals surface area (Å²) in [5, 5.41) is 8.10. The molecule has 0 N–H and O–H groups in total. The summed E-state index contributed by atoms with van der Waals surface area (Å²) in [6, 6.07) is 0. The van der Waals surface area contributed by atoms with Crippen LogP contribution in [0.3, 0.4) is 0 Å². The van der Waals surface area contributed by atoms with Gasteiger partial charge >= 0.3 is 0 Å². The molecule has 0 aliphatic carbocycles. The van der Waals surface area contributed by atoms with E-state index in [2.05, 4.69) is 26.3 Å². The van der Waals surface area contributed by atoms with Gasteiger partial charge in [0.1, 0.15) is 0 Å². The second kappa shape index (κ2) is 6.39. The van der Waals surface area contributed by atoms with Crippen molar-refractivity contribution >= 4 is 0 Å². The maximum Gasteiger partial charge on any atom is 0.229 e. The second-order valence-corrected chi connectivity index (χ2v) is 5.92. The lowest BCUT2D eigenvalue weighted by atomic mass is 9.96. The van der Waals surface area contributed by atoms with Crippen molar-refractivity contribution in [1.82, 2.24) is 24.8 Å². The monoisotopic (exact) mass is 289 g/mol. The van der Waals surface area contributed by atoms with E-state index in [0.717, 1.165) is 50.6 Å². The van der Waals surface area contributed by atoms with Gasteiger partial charge in [-0.1, -0.05) is 5.16 Å². The van der Waals surface area contributed by atoms with Crippen molar-refractivity contribution < 1.29 is 4.52 Å². The summed E-state index contributed by atoms with van der Waals surface area (Å²) in [6.07, 6.45) is 8.60. The zero-order chi connectivity index (χ0) is 14.7. The van der Waals surface area contributed by atoms with Crippen molar-refractivity contribution in [3.63, 3.8) is 0 Å². The molecule has 0 unspecified atom stereocenters. The molecule has 0 spiro atoms. The highest BCUT2D eigenvalue weighted by molar-refractivity contribution is 5.03. The zero-order valence-corrected chi connectivity index (χ0v) is 12.8. The van der Waals surface area contributed by atoms with Crippen molar-refractivity contribution in [2.45, 2.75) is 38.5 Å². The van der Waals surface area contributed by atoms with Gasteiger partial charge in [0.05, 0.1) is 6.20 Å². The van der Waals surface area contributed by atoms with Crippen LogP contribution in [0.5, 0.6) is 0 Å². The van der Waals surface area contributed by atoms with Crippen LogP contribution in [0.1, 0.15) is 42.5 Å². The Bertz CT molecular complexity index is 565. The molecule has 114 valence electrons. The highest BCUT2D eigenvalue weighted by Gasteiger charge is 2.24. The number of piperidine rings is 1. The van der Waals surface area contributed by atoms with Crippen LogP contribution in [-0.4, -0.2) is 44.5 Å². The van der Waals surface area contributed by atoms with Gasteiger partial charge in [-0.3, -0.25) is 4.68 Å². The van der Waals surface area contributed by atoms with E-state index in [1.165, 1.54) is 12.0 Å². The Morgan fingerprint density at radius 1 is 1.33 bits per heavy atom. The Kier molecular flexibility index (Phi) is 4.34. The molecule has 1 saturated heterocycles. The van der Waals surface area contributed by atoms with Crippen LogP contribution in [0, 0.1) is 6.92 Å². The van der Waals surface area contributed by atoms with Crippen LogP contribution >= 0.6 is 0 Å². The van der Waals surface area contributed by atoms with E-state index < -0.39 is 0 Å². The molecule has 3 rings (SSSR count). The Labute approximate surface area is 125 Å². The number of hydrogen-bond acceptors (Lipinski definition) is 5. The fourth-order valence-corrected chi connectivity index (χ4v) is 2.99. The summed E-state index contributed by atoms with van der Waals surface area (Å²) in [5.41, 5.74) is 1.33. The van der Waals surface area contributed by atoms with E-state index in [1.807, 2.05) is 24.9 Å². The summed E-state index contributed by atoms with van der Waals surface area (Å²) in [5.74, 6) is 2.01. The van der Waals surface area contributed by atoms with Crippen LogP contribution in [0.2, 0.25) is 0 Å². The molecule has 3 heterocycles. The molecule has 1 fully saturated rings. The van der Waals surface area contributed by atoms with E-state index in [-0.39, 0.29) is 0 Å². The van der Waals surface area contributed by atoms with Crippen LogP contribution in [0.25, 0.3) is 0 Å². The van der Waals surface area contributed by atoms with Crippen LogP contribution in [0.15, 0.2) is 16.9 Å². The van der Waals surface area contributed by atoms with Crippen molar-refractivity contribution in [2.24, 2.45) is 7.05 Å². The first kappa shape index (κ1) is 14.3. The number of likely N-dealkylation sites (tertiary alicyclic amines) is 1. The average Bonchev–Trinajstić information content (AvgIpc) is 3.09.